The van der Waals surface area contributed by atoms with Crippen molar-refractivity contribution >= 4 is 23.2 Å². The third-order valence-electron chi connectivity index (χ3n) is 3.47. The maximum Gasteiger partial charge on any atom is 0.228 e. The zero-order valence-corrected chi connectivity index (χ0v) is 12.9. The van der Waals surface area contributed by atoms with Gasteiger partial charge >= 0.3 is 0 Å². The molecule has 0 saturated carbocycles. The van der Waals surface area contributed by atoms with E-state index >= 15 is 0 Å². The maximum absolute atomic E-state index is 13.5. The maximum atomic E-state index is 13.5. The average molecular weight is 320 g/mol. The highest BCUT2D eigenvalue weighted by Crippen LogP contribution is 2.19. The molecule has 0 aliphatic rings. The number of hydrogen-bond donors (Lipinski definition) is 2. The number of amides is 1. The lowest BCUT2D eigenvalue weighted by Gasteiger charge is -2.12. The predicted molar refractivity (Wildman–Crippen MR) is 84.4 cm³/mol. The third-order valence-corrected chi connectivity index (χ3v) is 3.47. The molecule has 0 aliphatic heterocycles. The minimum Gasteiger partial charge on any atom is -0.336 e. The fourth-order valence-electron chi connectivity index (χ4n) is 2.08. The average Bonchev–Trinajstić information content (AvgIpc) is 2.53. The predicted octanol–water partition coefficient (Wildman–Crippen LogP) is 3.87. The van der Waals surface area contributed by atoms with Crippen LogP contribution in [0.3, 0.4) is 0 Å². The lowest BCUT2D eigenvalue weighted by Crippen LogP contribution is -2.22. The summed E-state index contributed by atoms with van der Waals surface area (Å²) in [6, 6.07) is 6.31. The number of anilines is 3. The van der Waals surface area contributed by atoms with Crippen molar-refractivity contribution in [2.24, 2.45) is 5.92 Å². The largest absolute Gasteiger partial charge is 0.336 e. The summed E-state index contributed by atoms with van der Waals surface area (Å²) < 4.78 is 26.4. The number of hydrogen-bond acceptors (Lipinski definition) is 4. The molecule has 2 rings (SSSR count). The van der Waals surface area contributed by atoms with Crippen LogP contribution in [0, 0.1) is 17.6 Å². The first kappa shape index (κ1) is 16.8. The molecule has 1 aromatic heterocycles. The number of aromatic nitrogens is 2. The first-order chi connectivity index (χ1) is 11.0. The zero-order valence-electron chi connectivity index (χ0n) is 12.9. The highest BCUT2D eigenvalue weighted by molar-refractivity contribution is 5.91. The molecule has 122 valence electrons. The number of nitrogens with one attached hydrogen (secondary N) is 2. The first-order valence-corrected chi connectivity index (χ1v) is 7.40. The first-order valence-electron chi connectivity index (χ1n) is 7.40. The molecule has 2 aromatic rings. The Bertz CT molecular complexity index is 672. The highest BCUT2D eigenvalue weighted by atomic mass is 19.1. The van der Waals surface area contributed by atoms with Gasteiger partial charge < -0.3 is 10.6 Å². The van der Waals surface area contributed by atoms with Gasteiger partial charge in [0, 0.05) is 12.0 Å². The summed E-state index contributed by atoms with van der Waals surface area (Å²) in [5.41, 5.74) is 0.0921. The van der Waals surface area contributed by atoms with Crippen molar-refractivity contribution in [2.75, 3.05) is 10.6 Å². The Morgan fingerprint density at radius 1 is 1.09 bits per heavy atom. The Labute approximate surface area is 133 Å². The molecule has 0 bridgehead atoms. The van der Waals surface area contributed by atoms with E-state index in [1.54, 1.807) is 12.1 Å². The molecule has 7 heteroatoms. The SMILES string of the molecule is CCC(CC)C(=O)Nc1ccc(Nc2ccc(F)cc2F)nn1. The number of benzene rings is 1. The van der Waals surface area contributed by atoms with Crippen LogP contribution in [0.5, 0.6) is 0 Å². The van der Waals surface area contributed by atoms with Crippen molar-refractivity contribution in [3.8, 4) is 0 Å². The molecular formula is C16H18F2N4O. The molecule has 1 aromatic carbocycles. The van der Waals surface area contributed by atoms with E-state index < -0.39 is 11.6 Å². The van der Waals surface area contributed by atoms with E-state index in [1.165, 1.54) is 6.07 Å². The van der Waals surface area contributed by atoms with Crippen molar-refractivity contribution in [1.29, 1.82) is 0 Å². The molecular weight excluding hydrogens is 302 g/mol. The normalized spacial score (nSPS) is 10.7. The second kappa shape index (κ2) is 7.62. The molecule has 1 amide bonds. The van der Waals surface area contributed by atoms with E-state index in [1.807, 2.05) is 13.8 Å². The quantitative estimate of drug-likeness (QED) is 0.848. The van der Waals surface area contributed by atoms with Crippen molar-refractivity contribution in [3.05, 3.63) is 42.0 Å². The van der Waals surface area contributed by atoms with Crippen LogP contribution in [0.4, 0.5) is 26.1 Å². The van der Waals surface area contributed by atoms with E-state index in [2.05, 4.69) is 20.8 Å². The lowest BCUT2D eigenvalue weighted by atomic mass is 10.0. The molecule has 1 heterocycles. The summed E-state index contributed by atoms with van der Waals surface area (Å²) in [6.07, 6.45) is 1.50. The number of carbonyl (C=O) groups excluding carboxylic acids is 1. The van der Waals surface area contributed by atoms with Gasteiger partial charge in [0.05, 0.1) is 5.69 Å². The standard InChI is InChI=1S/C16H18F2N4O/c1-3-10(4-2)16(23)20-15-8-7-14(21-22-15)19-13-6-5-11(17)9-12(13)18/h5-10H,3-4H2,1-2H3,(H,19,21)(H,20,22,23). The molecule has 0 fully saturated rings. The zero-order chi connectivity index (χ0) is 16.8. The van der Waals surface area contributed by atoms with E-state index in [-0.39, 0.29) is 23.3 Å². The molecule has 0 aliphatic carbocycles. The van der Waals surface area contributed by atoms with Crippen LogP contribution in [-0.2, 0) is 4.79 Å². The molecule has 0 unspecified atom stereocenters. The molecule has 0 saturated heterocycles. The Balaban J connectivity index is 2.03. The fourth-order valence-corrected chi connectivity index (χ4v) is 2.08. The van der Waals surface area contributed by atoms with Gasteiger partial charge in [-0.05, 0) is 37.1 Å². The summed E-state index contributed by atoms with van der Waals surface area (Å²) in [5, 5.41) is 13.1. The fraction of sp³-hybridized carbons (Fsp3) is 0.312. The van der Waals surface area contributed by atoms with Crippen LogP contribution < -0.4 is 10.6 Å². The number of carbonyl (C=O) groups is 1. The summed E-state index contributed by atoms with van der Waals surface area (Å²) >= 11 is 0. The molecule has 23 heavy (non-hydrogen) atoms. The third kappa shape index (κ3) is 4.45. The van der Waals surface area contributed by atoms with E-state index in [4.69, 9.17) is 0 Å². The second-order valence-electron chi connectivity index (χ2n) is 5.06. The van der Waals surface area contributed by atoms with Crippen molar-refractivity contribution < 1.29 is 13.6 Å². The van der Waals surface area contributed by atoms with Crippen LogP contribution in [0.1, 0.15) is 26.7 Å². The monoisotopic (exact) mass is 320 g/mol. The Morgan fingerprint density at radius 2 is 1.74 bits per heavy atom. The van der Waals surface area contributed by atoms with Gasteiger partial charge in [0.1, 0.15) is 11.6 Å². The second-order valence-corrected chi connectivity index (χ2v) is 5.06. The minimum absolute atomic E-state index is 0.0667. The lowest BCUT2D eigenvalue weighted by molar-refractivity contribution is -0.120. The van der Waals surface area contributed by atoms with Crippen LogP contribution >= 0.6 is 0 Å². The smallest absolute Gasteiger partial charge is 0.228 e. The molecule has 5 nitrogen and oxygen atoms in total. The van der Waals surface area contributed by atoms with Crippen molar-refractivity contribution in [1.82, 2.24) is 10.2 Å². The van der Waals surface area contributed by atoms with Crippen molar-refractivity contribution in [2.45, 2.75) is 26.7 Å². The van der Waals surface area contributed by atoms with Crippen LogP contribution in [0.2, 0.25) is 0 Å². The Kier molecular flexibility index (Phi) is 5.56. The summed E-state index contributed by atoms with van der Waals surface area (Å²) in [4.78, 5) is 11.9. The Hall–Kier alpha value is -2.57. The van der Waals surface area contributed by atoms with Gasteiger partial charge in [-0.15, -0.1) is 10.2 Å². The number of rotatable bonds is 6. The van der Waals surface area contributed by atoms with Gasteiger partial charge in [-0.2, -0.15) is 0 Å². The highest BCUT2D eigenvalue weighted by Gasteiger charge is 2.14. The molecule has 0 atom stereocenters. The van der Waals surface area contributed by atoms with Gasteiger partial charge in [-0.1, -0.05) is 13.8 Å². The topological polar surface area (TPSA) is 66.9 Å². The van der Waals surface area contributed by atoms with Crippen LogP contribution in [0.25, 0.3) is 0 Å². The summed E-state index contributed by atoms with van der Waals surface area (Å²) in [6.45, 7) is 3.90. The van der Waals surface area contributed by atoms with E-state index in [0.717, 1.165) is 25.0 Å². The number of nitrogens with zero attached hydrogens (tertiary/aromatic N) is 2. The number of halogens is 2. The molecule has 0 spiro atoms. The van der Waals surface area contributed by atoms with Gasteiger partial charge in [-0.25, -0.2) is 8.78 Å². The van der Waals surface area contributed by atoms with Gasteiger partial charge in [0.25, 0.3) is 0 Å². The van der Waals surface area contributed by atoms with Gasteiger partial charge in [0.2, 0.25) is 5.91 Å². The summed E-state index contributed by atoms with van der Waals surface area (Å²) in [7, 11) is 0. The van der Waals surface area contributed by atoms with Crippen LogP contribution in [0.15, 0.2) is 30.3 Å². The minimum atomic E-state index is -0.724. The van der Waals surface area contributed by atoms with Gasteiger partial charge in [-0.3, -0.25) is 4.79 Å². The molecule has 0 radical (unpaired) electrons. The van der Waals surface area contributed by atoms with Gasteiger partial charge in [0.15, 0.2) is 11.6 Å². The Morgan fingerprint density at radius 3 is 2.30 bits per heavy atom. The van der Waals surface area contributed by atoms with Crippen LogP contribution in [-0.4, -0.2) is 16.1 Å². The summed E-state index contributed by atoms with van der Waals surface area (Å²) in [5.74, 6) is -0.933. The molecule has 2 N–H and O–H groups in total. The van der Waals surface area contributed by atoms with E-state index in [9.17, 15) is 13.6 Å². The van der Waals surface area contributed by atoms with E-state index in [0.29, 0.717) is 5.82 Å². The van der Waals surface area contributed by atoms with Crippen molar-refractivity contribution in [3.63, 3.8) is 0 Å².